The van der Waals surface area contributed by atoms with Crippen molar-refractivity contribution in [2.45, 2.75) is 0 Å². The Bertz CT molecular complexity index is 2750. The van der Waals surface area contributed by atoms with Gasteiger partial charge in [0.1, 0.15) is 6.07 Å². The molecule has 222 valence electrons. The summed E-state index contributed by atoms with van der Waals surface area (Å²) in [6.45, 7) is 0. The van der Waals surface area contributed by atoms with Gasteiger partial charge in [0.25, 0.3) is 0 Å². The van der Waals surface area contributed by atoms with Gasteiger partial charge >= 0.3 is 0 Å². The van der Waals surface area contributed by atoms with Crippen molar-refractivity contribution in [2.75, 3.05) is 0 Å². The van der Waals surface area contributed by atoms with E-state index in [4.69, 9.17) is 0 Å². The van der Waals surface area contributed by atoms with Gasteiger partial charge < -0.3 is 9.13 Å². The van der Waals surface area contributed by atoms with Crippen LogP contribution in [-0.2, 0) is 0 Å². The lowest BCUT2D eigenvalue weighted by atomic mass is 9.94. The molecule has 0 saturated heterocycles. The van der Waals surface area contributed by atoms with E-state index in [0.29, 0.717) is 11.1 Å². The van der Waals surface area contributed by atoms with Gasteiger partial charge in [-0.3, -0.25) is 0 Å². The molecule has 2 aromatic heterocycles. The first-order valence-electron chi connectivity index (χ1n) is 15.9. The van der Waals surface area contributed by atoms with E-state index in [1.165, 1.54) is 10.8 Å². The van der Waals surface area contributed by atoms with Crippen LogP contribution < -0.4 is 0 Å². The van der Waals surface area contributed by atoms with Gasteiger partial charge in [0.15, 0.2) is 0 Å². The van der Waals surface area contributed by atoms with Crippen molar-refractivity contribution in [2.24, 2.45) is 0 Å². The fourth-order valence-corrected chi connectivity index (χ4v) is 7.31. The fourth-order valence-electron chi connectivity index (χ4n) is 7.31. The number of para-hydroxylation sites is 5. The maximum atomic E-state index is 10.2. The van der Waals surface area contributed by atoms with E-state index in [1.807, 2.05) is 36.4 Å². The molecule has 2 heterocycles. The van der Waals surface area contributed by atoms with Gasteiger partial charge in [0, 0.05) is 38.4 Å². The van der Waals surface area contributed by atoms with Gasteiger partial charge in [0.05, 0.1) is 45.0 Å². The van der Waals surface area contributed by atoms with E-state index in [1.54, 1.807) is 0 Å². The number of nitrogens with zero attached hydrogens (tertiary/aromatic N) is 4. The van der Waals surface area contributed by atoms with Crippen LogP contribution in [0.4, 0.5) is 0 Å². The summed E-state index contributed by atoms with van der Waals surface area (Å²) in [6, 6.07) is 58.9. The molecule has 7 aromatic carbocycles. The summed E-state index contributed by atoms with van der Waals surface area (Å²) in [7, 11) is 0. The predicted octanol–water partition coefficient (Wildman–Crippen LogP) is 11.0. The van der Waals surface area contributed by atoms with Crippen molar-refractivity contribution in [3.05, 3.63) is 169 Å². The highest BCUT2D eigenvalue weighted by molar-refractivity contribution is 6.11. The van der Waals surface area contributed by atoms with Crippen LogP contribution in [0.15, 0.2) is 158 Å². The van der Waals surface area contributed by atoms with Crippen molar-refractivity contribution in [1.29, 1.82) is 10.5 Å². The smallest absolute Gasteiger partial charge is 0.101 e. The second kappa shape index (κ2) is 10.9. The number of hydrogen-bond donors (Lipinski definition) is 0. The largest absolute Gasteiger partial charge is 0.309 e. The fraction of sp³-hybridized carbons (Fsp3) is 0. The average Bonchev–Trinajstić information content (AvgIpc) is 3.68. The molecular weight excluding hydrogens is 585 g/mol. The maximum Gasteiger partial charge on any atom is 0.101 e. The zero-order valence-corrected chi connectivity index (χ0v) is 25.8. The molecule has 9 rings (SSSR count). The summed E-state index contributed by atoms with van der Waals surface area (Å²) < 4.78 is 4.50. The number of hydrogen-bond acceptors (Lipinski definition) is 2. The molecule has 0 spiro atoms. The van der Waals surface area contributed by atoms with E-state index in [2.05, 4.69) is 143 Å². The minimum Gasteiger partial charge on any atom is -0.309 e. The third-order valence-electron chi connectivity index (χ3n) is 9.43. The Labute approximate surface area is 277 Å². The summed E-state index contributed by atoms with van der Waals surface area (Å²) in [4.78, 5) is 0. The molecule has 0 radical (unpaired) electrons. The van der Waals surface area contributed by atoms with E-state index in [9.17, 15) is 10.5 Å². The molecule has 0 aliphatic carbocycles. The van der Waals surface area contributed by atoms with E-state index in [0.717, 1.165) is 66.5 Å². The molecule has 4 nitrogen and oxygen atoms in total. The zero-order valence-electron chi connectivity index (χ0n) is 25.8. The van der Waals surface area contributed by atoms with Crippen LogP contribution in [0, 0.1) is 22.7 Å². The van der Waals surface area contributed by atoms with E-state index in [-0.39, 0.29) is 0 Å². The summed E-state index contributed by atoms with van der Waals surface area (Å²) in [5.74, 6) is 0. The second-order valence-electron chi connectivity index (χ2n) is 12.0. The average molecular weight is 611 g/mol. The van der Waals surface area contributed by atoms with E-state index >= 15 is 0 Å². The van der Waals surface area contributed by atoms with Gasteiger partial charge in [-0.05, 0) is 65.7 Å². The van der Waals surface area contributed by atoms with Gasteiger partial charge in [-0.1, -0.05) is 103 Å². The molecule has 0 atom stereocenters. The summed E-state index contributed by atoms with van der Waals surface area (Å²) in [5.41, 5.74) is 11.5. The van der Waals surface area contributed by atoms with Crippen LogP contribution >= 0.6 is 0 Å². The molecule has 9 aromatic rings. The number of fused-ring (bicyclic) bond motifs is 6. The number of benzene rings is 7. The molecular formula is C44H26N4. The highest BCUT2D eigenvalue weighted by Gasteiger charge is 2.18. The summed E-state index contributed by atoms with van der Waals surface area (Å²) >= 11 is 0. The van der Waals surface area contributed by atoms with E-state index < -0.39 is 0 Å². The zero-order chi connectivity index (χ0) is 32.2. The van der Waals surface area contributed by atoms with Gasteiger partial charge in [0.2, 0.25) is 0 Å². The molecule has 0 saturated carbocycles. The highest BCUT2D eigenvalue weighted by atomic mass is 15.0. The van der Waals surface area contributed by atoms with Crippen molar-refractivity contribution >= 4 is 43.6 Å². The monoisotopic (exact) mass is 610 g/mol. The first-order valence-corrected chi connectivity index (χ1v) is 15.9. The molecule has 4 heteroatoms. The van der Waals surface area contributed by atoms with Crippen LogP contribution in [0.2, 0.25) is 0 Å². The summed E-state index contributed by atoms with van der Waals surface area (Å²) in [5, 5.41) is 24.8. The van der Waals surface area contributed by atoms with Crippen LogP contribution in [0.25, 0.3) is 77.2 Å². The third kappa shape index (κ3) is 4.07. The number of nitriles is 2. The minimum atomic E-state index is 0.615. The Morgan fingerprint density at radius 1 is 0.396 bits per heavy atom. The van der Waals surface area contributed by atoms with Crippen LogP contribution in [0.1, 0.15) is 11.1 Å². The van der Waals surface area contributed by atoms with Crippen LogP contribution in [0.3, 0.4) is 0 Å². The van der Waals surface area contributed by atoms with Crippen LogP contribution in [-0.4, -0.2) is 9.13 Å². The normalized spacial score (nSPS) is 11.3. The van der Waals surface area contributed by atoms with Crippen molar-refractivity contribution in [3.63, 3.8) is 0 Å². The molecule has 0 N–H and O–H groups in total. The maximum absolute atomic E-state index is 10.2. The molecule has 0 bridgehead atoms. The first-order chi connectivity index (χ1) is 23.7. The molecule has 0 aliphatic heterocycles. The van der Waals surface area contributed by atoms with Gasteiger partial charge in [-0.2, -0.15) is 10.5 Å². The van der Waals surface area contributed by atoms with Crippen LogP contribution in [0.5, 0.6) is 0 Å². The first kappa shape index (κ1) is 27.4. The lowest BCUT2D eigenvalue weighted by Gasteiger charge is -2.16. The lowest BCUT2D eigenvalue weighted by Crippen LogP contribution is -1.98. The van der Waals surface area contributed by atoms with Crippen molar-refractivity contribution in [1.82, 2.24) is 9.13 Å². The topological polar surface area (TPSA) is 57.4 Å². The highest BCUT2D eigenvalue weighted by Crippen LogP contribution is 2.39. The molecule has 0 aliphatic rings. The number of rotatable bonds is 4. The van der Waals surface area contributed by atoms with Crippen molar-refractivity contribution in [3.8, 4) is 45.8 Å². The number of aromatic nitrogens is 2. The Balaban J connectivity index is 1.20. The molecule has 0 fully saturated rings. The predicted molar refractivity (Wildman–Crippen MR) is 195 cm³/mol. The summed E-state index contributed by atoms with van der Waals surface area (Å²) in [6.07, 6.45) is 0. The quantitative estimate of drug-likeness (QED) is 0.199. The molecule has 0 amide bonds. The SMILES string of the molecule is N#Cc1ccc(-c2ccccc2-n2c3ccccc3c3ccccc32)cc1-c1ccc(-n2c3ccccc3c3cccc(C#N)c32)cc1. The molecule has 0 unspecified atom stereocenters. The van der Waals surface area contributed by atoms with Crippen molar-refractivity contribution < 1.29 is 0 Å². The Hall–Kier alpha value is -6.88. The van der Waals surface area contributed by atoms with Gasteiger partial charge in [-0.25, -0.2) is 0 Å². The Morgan fingerprint density at radius 2 is 0.938 bits per heavy atom. The second-order valence-corrected chi connectivity index (χ2v) is 12.0. The minimum absolute atomic E-state index is 0.615. The van der Waals surface area contributed by atoms with Gasteiger partial charge in [-0.15, -0.1) is 0 Å². The third-order valence-corrected chi connectivity index (χ3v) is 9.43. The lowest BCUT2D eigenvalue weighted by molar-refractivity contribution is 1.18. The molecule has 48 heavy (non-hydrogen) atoms. The Kier molecular flexibility index (Phi) is 6.22. The standard InChI is InChI=1S/C44H26N4/c45-27-31-21-20-30(34-11-1-5-16-40(34)48-42-18-7-2-12-35(42)36-13-3-8-19-43(36)48)26-39(31)29-22-24-33(25-23-29)47-41-17-6-4-14-37(41)38-15-9-10-32(28-46)44(38)47/h1-26H. The Morgan fingerprint density at radius 3 is 1.60 bits per heavy atom.